The summed E-state index contributed by atoms with van der Waals surface area (Å²) in [6.07, 6.45) is 8.56. The summed E-state index contributed by atoms with van der Waals surface area (Å²) in [7, 11) is 0. The lowest BCUT2D eigenvalue weighted by molar-refractivity contribution is 0.436. The lowest BCUT2D eigenvalue weighted by Gasteiger charge is -2.39. The fourth-order valence-corrected chi connectivity index (χ4v) is 10.4. The maximum atomic E-state index is 6.71. The van der Waals surface area contributed by atoms with Crippen molar-refractivity contribution in [1.82, 2.24) is 15.0 Å². The molecule has 0 saturated heterocycles. The van der Waals surface area contributed by atoms with Crippen molar-refractivity contribution in [1.29, 1.82) is 0 Å². The molecule has 0 unspecified atom stereocenters. The van der Waals surface area contributed by atoms with E-state index >= 15 is 0 Å². The highest BCUT2D eigenvalue weighted by atomic mass is 32.1. The molecule has 0 bridgehead atoms. The molecule has 0 fully saturated rings. The lowest BCUT2D eigenvalue weighted by atomic mass is 9.66. The number of aromatic nitrogens is 3. The molecule has 2 aliphatic carbocycles. The minimum Gasteiger partial charge on any atom is -0.457 e. The van der Waals surface area contributed by atoms with Gasteiger partial charge in [0.05, 0.1) is 5.41 Å². The number of para-hydroxylation sites is 1. The first kappa shape index (κ1) is 32.3. The van der Waals surface area contributed by atoms with Gasteiger partial charge in [-0.3, -0.25) is 0 Å². The van der Waals surface area contributed by atoms with Gasteiger partial charge < -0.3 is 4.74 Å². The summed E-state index contributed by atoms with van der Waals surface area (Å²) in [4.78, 5) is 15.4. The number of rotatable bonds is 4. The molecule has 12 rings (SSSR count). The molecule has 0 saturated carbocycles. The average molecular weight is 748 g/mol. The van der Waals surface area contributed by atoms with Crippen molar-refractivity contribution in [2.75, 3.05) is 0 Å². The highest BCUT2D eigenvalue weighted by molar-refractivity contribution is 7.25. The number of hydrogen-bond donors (Lipinski definition) is 0. The van der Waals surface area contributed by atoms with Crippen LogP contribution in [0.5, 0.6) is 11.5 Å². The van der Waals surface area contributed by atoms with E-state index in [-0.39, 0.29) is 0 Å². The van der Waals surface area contributed by atoms with Crippen LogP contribution in [0.25, 0.3) is 70.8 Å². The van der Waals surface area contributed by atoms with Gasteiger partial charge in [-0.05, 0) is 82.6 Å². The summed E-state index contributed by atoms with van der Waals surface area (Å²) in [5.74, 6) is 3.78. The Morgan fingerprint density at radius 3 is 1.89 bits per heavy atom. The lowest BCUT2D eigenvalue weighted by Crippen LogP contribution is -2.32. The largest absolute Gasteiger partial charge is 0.457 e. The van der Waals surface area contributed by atoms with Gasteiger partial charge in [0.25, 0.3) is 0 Å². The highest BCUT2D eigenvalue weighted by Gasteiger charge is 2.51. The van der Waals surface area contributed by atoms with Gasteiger partial charge >= 0.3 is 0 Å². The van der Waals surface area contributed by atoms with Gasteiger partial charge in [0.2, 0.25) is 0 Å². The molecule has 1 aliphatic heterocycles. The maximum absolute atomic E-state index is 6.71. The van der Waals surface area contributed by atoms with E-state index < -0.39 is 5.41 Å². The average Bonchev–Trinajstić information content (AvgIpc) is 3.80. The molecule has 2 aromatic heterocycles. The first-order valence-electron chi connectivity index (χ1n) is 19.5. The Bertz CT molecular complexity index is 3140. The minimum atomic E-state index is -0.528. The molecule has 57 heavy (non-hydrogen) atoms. The summed E-state index contributed by atoms with van der Waals surface area (Å²) in [6.45, 7) is 0. The summed E-state index contributed by atoms with van der Waals surface area (Å²) in [5.41, 5.74) is 12.0. The van der Waals surface area contributed by atoms with Crippen LogP contribution in [0.1, 0.15) is 40.9 Å². The Morgan fingerprint density at radius 1 is 0.456 bits per heavy atom. The van der Waals surface area contributed by atoms with E-state index in [9.17, 15) is 0 Å². The normalized spacial score (nSPS) is 14.5. The molecule has 0 amide bonds. The third-order valence-electron chi connectivity index (χ3n) is 11.8. The molecular formula is C52H33N3OS. The zero-order chi connectivity index (χ0) is 37.5. The number of allylic oxidation sites excluding steroid dienone is 4. The molecule has 0 radical (unpaired) electrons. The van der Waals surface area contributed by atoms with Crippen molar-refractivity contribution >= 4 is 37.1 Å². The van der Waals surface area contributed by atoms with E-state index in [1.165, 1.54) is 42.4 Å². The Balaban J connectivity index is 1.01. The molecule has 1 spiro atoms. The van der Waals surface area contributed by atoms with Crippen molar-refractivity contribution in [3.05, 3.63) is 204 Å². The van der Waals surface area contributed by atoms with E-state index in [4.69, 9.17) is 19.7 Å². The second-order valence-corrected chi connectivity index (χ2v) is 16.1. The molecule has 0 atom stereocenters. The SMILES string of the molecule is C1=CC(c2nc(-c3cccc(-c4ccc5c(c4)C4(c6ccccc6O5)c5ccccc5-c5ccccc54)c3)nc(-c3ccc4c(c3)sc3ccccc34)n2)=CCC1. The van der Waals surface area contributed by atoms with Crippen molar-refractivity contribution in [2.24, 2.45) is 0 Å². The van der Waals surface area contributed by atoms with Crippen LogP contribution in [0.3, 0.4) is 0 Å². The molecule has 3 heterocycles. The third kappa shape index (κ3) is 4.89. The van der Waals surface area contributed by atoms with Crippen molar-refractivity contribution < 1.29 is 4.74 Å². The minimum absolute atomic E-state index is 0.528. The zero-order valence-corrected chi connectivity index (χ0v) is 31.6. The molecule has 268 valence electrons. The quantitative estimate of drug-likeness (QED) is 0.180. The first-order valence-corrected chi connectivity index (χ1v) is 20.3. The predicted octanol–water partition coefficient (Wildman–Crippen LogP) is 13.4. The molecule has 3 aliphatic rings. The Hall–Kier alpha value is -6.95. The Kier molecular flexibility index (Phi) is 7.10. The molecule has 0 N–H and O–H groups in total. The van der Waals surface area contributed by atoms with Gasteiger partial charge in [-0.15, -0.1) is 11.3 Å². The molecule has 4 nitrogen and oxygen atoms in total. The van der Waals surface area contributed by atoms with Crippen LogP contribution < -0.4 is 4.74 Å². The molecule has 9 aromatic rings. The van der Waals surface area contributed by atoms with Gasteiger partial charge in [0, 0.05) is 48.0 Å². The van der Waals surface area contributed by atoms with Gasteiger partial charge in [-0.25, -0.2) is 15.0 Å². The second kappa shape index (κ2) is 12.5. The Morgan fingerprint density at radius 2 is 1.09 bits per heavy atom. The first-order chi connectivity index (χ1) is 28.2. The Labute approximate surface area is 334 Å². The van der Waals surface area contributed by atoms with Crippen LogP contribution >= 0.6 is 11.3 Å². The van der Waals surface area contributed by atoms with Gasteiger partial charge in [-0.1, -0.05) is 140 Å². The van der Waals surface area contributed by atoms with Crippen LogP contribution in [0.2, 0.25) is 0 Å². The van der Waals surface area contributed by atoms with Crippen LogP contribution in [0, 0.1) is 0 Å². The topological polar surface area (TPSA) is 47.9 Å². The fourth-order valence-electron chi connectivity index (χ4n) is 9.28. The van der Waals surface area contributed by atoms with E-state index in [0.717, 1.165) is 63.3 Å². The highest BCUT2D eigenvalue weighted by Crippen LogP contribution is 2.62. The van der Waals surface area contributed by atoms with Crippen molar-refractivity contribution in [3.8, 4) is 56.5 Å². The molecular weight excluding hydrogens is 715 g/mol. The van der Waals surface area contributed by atoms with Gasteiger partial charge in [-0.2, -0.15) is 0 Å². The third-order valence-corrected chi connectivity index (χ3v) is 13.0. The number of ether oxygens (including phenoxy) is 1. The zero-order valence-electron chi connectivity index (χ0n) is 30.8. The van der Waals surface area contributed by atoms with Crippen molar-refractivity contribution in [3.63, 3.8) is 0 Å². The summed E-state index contributed by atoms with van der Waals surface area (Å²) < 4.78 is 9.21. The van der Waals surface area contributed by atoms with Gasteiger partial charge in [0.15, 0.2) is 17.5 Å². The number of nitrogens with zero attached hydrogens (tertiary/aromatic N) is 3. The summed E-state index contributed by atoms with van der Waals surface area (Å²) in [5, 5.41) is 2.53. The second-order valence-electron chi connectivity index (χ2n) is 15.0. The van der Waals surface area contributed by atoms with E-state index in [1.54, 1.807) is 11.3 Å². The van der Waals surface area contributed by atoms with E-state index in [1.807, 2.05) is 0 Å². The van der Waals surface area contributed by atoms with Crippen LogP contribution in [0.4, 0.5) is 0 Å². The monoisotopic (exact) mass is 747 g/mol. The van der Waals surface area contributed by atoms with Crippen LogP contribution in [-0.4, -0.2) is 15.0 Å². The standard InChI is InChI=1S/C52H33N3OS/c1-2-13-32(14-3-1)49-53-50(55-51(54-49)36-25-27-40-39-19-6-11-24-47(39)57-48(40)31-36)35-16-12-15-33(29-35)34-26-28-46-44(30-34)52(43-22-9-10-23-45(43)56-46)41-20-7-4-17-37(41)38-18-5-8-21-42(38)52/h2,4-31H,1,3H2. The van der Waals surface area contributed by atoms with Crippen LogP contribution in [-0.2, 0) is 5.41 Å². The predicted molar refractivity (Wildman–Crippen MR) is 233 cm³/mol. The summed E-state index contributed by atoms with van der Waals surface area (Å²) >= 11 is 1.81. The fraction of sp³-hybridized carbons (Fsp3) is 0.0577. The number of benzene rings is 7. The smallest absolute Gasteiger partial charge is 0.164 e. The van der Waals surface area contributed by atoms with Crippen LogP contribution in [0.15, 0.2) is 176 Å². The maximum Gasteiger partial charge on any atom is 0.164 e. The van der Waals surface area contributed by atoms with E-state index in [2.05, 4.69) is 176 Å². The van der Waals surface area contributed by atoms with Gasteiger partial charge in [0.1, 0.15) is 11.5 Å². The number of thiophene rings is 1. The number of fused-ring (bicyclic) bond motifs is 12. The van der Waals surface area contributed by atoms with E-state index in [0.29, 0.717) is 17.5 Å². The van der Waals surface area contributed by atoms with Crippen molar-refractivity contribution in [2.45, 2.75) is 18.3 Å². The molecule has 7 aromatic carbocycles. The molecule has 5 heteroatoms. The number of hydrogen-bond acceptors (Lipinski definition) is 5. The summed E-state index contributed by atoms with van der Waals surface area (Å²) in [6, 6.07) is 56.7.